The van der Waals surface area contributed by atoms with Gasteiger partial charge in [0.25, 0.3) is 0 Å². The van der Waals surface area contributed by atoms with Crippen LogP contribution in [0.5, 0.6) is 0 Å². The van der Waals surface area contributed by atoms with E-state index in [0.29, 0.717) is 0 Å². The summed E-state index contributed by atoms with van der Waals surface area (Å²) in [7, 11) is 0. The van der Waals surface area contributed by atoms with Crippen molar-refractivity contribution in [1.82, 2.24) is 0 Å². The Hall–Kier alpha value is -0.120. The molecule has 0 aliphatic carbocycles. The lowest BCUT2D eigenvalue weighted by molar-refractivity contribution is 0.0302. The molecule has 0 aliphatic rings. The summed E-state index contributed by atoms with van der Waals surface area (Å²) in [5.74, 6) is 0. The first kappa shape index (κ1) is 7.88. The molecule has 0 bridgehead atoms. The number of rotatable bonds is 3. The fourth-order valence-electron chi connectivity index (χ4n) is 0.325. The molecule has 0 rings (SSSR count). The largest absolute Gasteiger partial charge is 0.396 e. The Morgan fingerprint density at radius 3 is 2.00 bits per heavy atom. The van der Waals surface area contributed by atoms with Crippen molar-refractivity contribution in [3.8, 4) is 0 Å². The SMILES string of the molecule is [CH2]C(O)C(O)CCO. The minimum atomic E-state index is -0.984. The summed E-state index contributed by atoms with van der Waals surface area (Å²) in [6.45, 7) is 3.03. The second kappa shape index (κ2) is 3.83. The van der Waals surface area contributed by atoms with E-state index in [4.69, 9.17) is 15.3 Å². The molecule has 0 spiro atoms. The Labute approximate surface area is 48.6 Å². The topological polar surface area (TPSA) is 60.7 Å². The molecular formula is C5H11O3. The van der Waals surface area contributed by atoms with Crippen LogP contribution in [0, 0.1) is 6.92 Å². The first-order chi connectivity index (χ1) is 3.68. The van der Waals surface area contributed by atoms with Gasteiger partial charge in [0.15, 0.2) is 0 Å². The number of hydrogen-bond donors (Lipinski definition) is 3. The van der Waals surface area contributed by atoms with Gasteiger partial charge in [-0.15, -0.1) is 0 Å². The Bertz CT molecular complexity index is 53.6. The summed E-state index contributed by atoms with van der Waals surface area (Å²) in [6, 6.07) is 0. The van der Waals surface area contributed by atoms with Crippen LogP contribution < -0.4 is 0 Å². The lowest BCUT2D eigenvalue weighted by Crippen LogP contribution is -2.23. The van der Waals surface area contributed by atoms with E-state index < -0.39 is 12.2 Å². The summed E-state index contributed by atoms with van der Waals surface area (Å²) < 4.78 is 0. The standard InChI is InChI=1S/C5H11O3/c1-4(7)5(8)2-3-6/h4-8H,1-3H2. The summed E-state index contributed by atoms with van der Waals surface area (Å²) in [4.78, 5) is 0. The molecule has 0 fully saturated rings. The minimum Gasteiger partial charge on any atom is -0.396 e. The van der Waals surface area contributed by atoms with Gasteiger partial charge in [-0.3, -0.25) is 0 Å². The lowest BCUT2D eigenvalue weighted by atomic mass is 10.2. The molecule has 2 unspecified atom stereocenters. The molecule has 3 heteroatoms. The van der Waals surface area contributed by atoms with Gasteiger partial charge in [-0.25, -0.2) is 0 Å². The second-order valence-corrected chi connectivity index (χ2v) is 1.65. The number of hydrogen-bond acceptors (Lipinski definition) is 3. The van der Waals surface area contributed by atoms with Crippen LogP contribution >= 0.6 is 0 Å². The Balaban J connectivity index is 3.17. The first-order valence-electron chi connectivity index (χ1n) is 2.48. The fraction of sp³-hybridized carbons (Fsp3) is 0.800. The average Bonchev–Trinajstić information content (AvgIpc) is 1.67. The molecule has 0 heterocycles. The average molecular weight is 119 g/mol. The van der Waals surface area contributed by atoms with E-state index in [-0.39, 0.29) is 13.0 Å². The Morgan fingerprint density at radius 2 is 1.88 bits per heavy atom. The zero-order valence-electron chi connectivity index (χ0n) is 4.62. The predicted molar refractivity (Wildman–Crippen MR) is 29.1 cm³/mol. The molecular weight excluding hydrogens is 108 g/mol. The predicted octanol–water partition coefficient (Wildman–Crippen LogP) is -1.08. The van der Waals surface area contributed by atoms with Gasteiger partial charge in [0.05, 0.1) is 12.2 Å². The summed E-state index contributed by atoms with van der Waals surface area (Å²) >= 11 is 0. The van der Waals surface area contributed by atoms with Gasteiger partial charge >= 0.3 is 0 Å². The molecule has 3 N–H and O–H groups in total. The molecule has 8 heavy (non-hydrogen) atoms. The van der Waals surface area contributed by atoms with Crippen LogP contribution in [0.25, 0.3) is 0 Å². The number of aliphatic hydroxyl groups is 3. The highest BCUT2D eigenvalue weighted by Crippen LogP contribution is 1.94. The molecule has 2 atom stereocenters. The highest BCUT2D eigenvalue weighted by Gasteiger charge is 2.08. The molecule has 0 aliphatic heterocycles. The van der Waals surface area contributed by atoms with Gasteiger partial charge in [-0.05, 0) is 13.3 Å². The molecule has 49 valence electrons. The van der Waals surface area contributed by atoms with E-state index in [1.807, 2.05) is 0 Å². The zero-order valence-corrected chi connectivity index (χ0v) is 4.62. The van der Waals surface area contributed by atoms with Crippen molar-refractivity contribution in [2.75, 3.05) is 6.61 Å². The Kier molecular flexibility index (Phi) is 3.77. The van der Waals surface area contributed by atoms with E-state index in [1.165, 1.54) is 0 Å². The molecule has 1 radical (unpaired) electrons. The van der Waals surface area contributed by atoms with Gasteiger partial charge in [-0.1, -0.05) is 0 Å². The van der Waals surface area contributed by atoms with Crippen LogP contribution in [-0.2, 0) is 0 Å². The monoisotopic (exact) mass is 119 g/mol. The highest BCUT2D eigenvalue weighted by atomic mass is 16.3. The van der Waals surface area contributed by atoms with E-state index in [2.05, 4.69) is 6.92 Å². The summed E-state index contributed by atoms with van der Waals surface area (Å²) in [6.07, 6.45) is -1.69. The first-order valence-corrected chi connectivity index (χ1v) is 2.48. The van der Waals surface area contributed by atoms with Crippen molar-refractivity contribution in [3.63, 3.8) is 0 Å². The van der Waals surface area contributed by atoms with Crippen LogP contribution in [0.3, 0.4) is 0 Å². The van der Waals surface area contributed by atoms with Crippen LogP contribution in [0.2, 0.25) is 0 Å². The van der Waals surface area contributed by atoms with Crippen molar-refractivity contribution in [3.05, 3.63) is 6.92 Å². The van der Waals surface area contributed by atoms with E-state index in [1.54, 1.807) is 0 Å². The van der Waals surface area contributed by atoms with Gasteiger partial charge in [-0.2, -0.15) is 0 Å². The minimum absolute atomic E-state index is 0.117. The van der Waals surface area contributed by atoms with E-state index in [0.717, 1.165) is 0 Å². The third kappa shape index (κ3) is 2.96. The maximum atomic E-state index is 8.65. The van der Waals surface area contributed by atoms with Gasteiger partial charge < -0.3 is 15.3 Å². The fourth-order valence-corrected chi connectivity index (χ4v) is 0.325. The zero-order chi connectivity index (χ0) is 6.57. The van der Waals surface area contributed by atoms with Crippen LogP contribution in [0.4, 0.5) is 0 Å². The van der Waals surface area contributed by atoms with Crippen molar-refractivity contribution in [2.45, 2.75) is 18.6 Å². The van der Waals surface area contributed by atoms with E-state index >= 15 is 0 Å². The maximum absolute atomic E-state index is 8.65. The number of aliphatic hydroxyl groups excluding tert-OH is 3. The van der Waals surface area contributed by atoms with Crippen LogP contribution in [-0.4, -0.2) is 34.1 Å². The maximum Gasteiger partial charge on any atom is 0.0820 e. The van der Waals surface area contributed by atoms with Crippen molar-refractivity contribution < 1.29 is 15.3 Å². The van der Waals surface area contributed by atoms with Gasteiger partial charge in [0.1, 0.15) is 0 Å². The second-order valence-electron chi connectivity index (χ2n) is 1.65. The highest BCUT2D eigenvalue weighted by molar-refractivity contribution is 4.67. The third-order valence-electron chi connectivity index (χ3n) is 0.869. The molecule has 0 aromatic carbocycles. The van der Waals surface area contributed by atoms with Crippen molar-refractivity contribution >= 4 is 0 Å². The molecule has 0 amide bonds. The van der Waals surface area contributed by atoms with Crippen molar-refractivity contribution in [1.29, 1.82) is 0 Å². The molecule has 0 saturated carbocycles. The summed E-state index contributed by atoms with van der Waals surface area (Å²) in [5.41, 5.74) is 0. The normalized spacial score (nSPS) is 18.0. The van der Waals surface area contributed by atoms with Crippen LogP contribution in [0.15, 0.2) is 0 Å². The summed E-state index contributed by atoms with van der Waals surface area (Å²) in [5, 5.41) is 25.3. The molecule has 0 aromatic rings. The third-order valence-corrected chi connectivity index (χ3v) is 0.869. The quantitative estimate of drug-likeness (QED) is 0.443. The van der Waals surface area contributed by atoms with Crippen LogP contribution in [0.1, 0.15) is 6.42 Å². The lowest BCUT2D eigenvalue weighted by Gasteiger charge is -2.10. The van der Waals surface area contributed by atoms with Gasteiger partial charge in [0.2, 0.25) is 0 Å². The van der Waals surface area contributed by atoms with E-state index in [9.17, 15) is 0 Å². The smallest absolute Gasteiger partial charge is 0.0820 e. The van der Waals surface area contributed by atoms with Gasteiger partial charge in [0, 0.05) is 6.61 Å². The molecule has 3 nitrogen and oxygen atoms in total. The molecule has 0 saturated heterocycles. The van der Waals surface area contributed by atoms with Crippen molar-refractivity contribution in [2.24, 2.45) is 0 Å². The molecule has 0 aromatic heterocycles. The Morgan fingerprint density at radius 1 is 1.38 bits per heavy atom.